The highest BCUT2D eigenvalue weighted by Gasteiger charge is 2.83. The van der Waals surface area contributed by atoms with Crippen molar-refractivity contribution in [1.82, 2.24) is 0 Å². The highest BCUT2D eigenvalue weighted by Crippen LogP contribution is 2.53. The number of benzene rings is 1. The summed E-state index contributed by atoms with van der Waals surface area (Å²) in [5.41, 5.74) is -0.332. The van der Waals surface area contributed by atoms with Crippen molar-refractivity contribution in [2.24, 2.45) is 0 Å². The summed E-state index contributed by atoms with van der Waals surface area (Å²) >= 11 is 3.50. The average molecular weight is 558 g/mol. The highest BCUT2D eigenvalue weighted by molar-refractivity contribution is 9.10. The molecule has 0 aliphatic rings. The van der Waals surface area contributed by atoms with Crippen molar-refractivity contribution in [1.29, 1.82) is 0 Å². The highest BCUT2D eigenvalue weighted by atomic mass is 79.9. The Balaban J connectivity index is 2.49. The maximum absolute atomic E-state index is 13.8. The Morgan fingerprint density at radius 3 is 1.94 bits per heavy atom. The summed E-state index contributed by atoms with van der Waals surface area (Å²) in [7, 11) is 0.865. The van der Waals surface area contributed by atoms with Crippen molar-refractivity contribution in [2.45, 2.75) is 23.9 Å². The third kappa shape index (κ3) is 4.31. The molecule has 15 heteroatoms. The summed E-state index contributed by atoms with van der Waals surface area (Å²) in [6.45, 7) is 0. The number of halogens is 10. The number of esters is 1. The molecule has 0 unspecified atom stereocenters. The standard InChI is InChI=1S/C17H9BrF9NO3S/c1-31-12(29)10-9(7-2-4-8(18)5-3-7)6-32-11(10)28-13(30)14(19,20)15(21,22)16(23,24)17(25,26)27/h2-6H,1H3,(H,28,30). The first-order chi connectivity index (χ1) is 14.5. The predicted molar refractivity (Wildman–Crippen MR) is 98.3 cm³/mol. The summed E-state index contributed by atoms with van der Waals surface area (Å²) in [5.74, 6) is -25.3. The molecular weight excluding hydrogens is 549 g/mol. The number of hydrogen-bond donors (Lipinski definition) is 1. The van der Waals surface area contributed by atoms with Crippen LogP contribution in [0.4, 0.5) is 44.5 Å². The van der Waals surface area contributed by atoms with E-state index >= 15 is 0 Å². The molecule has 32 heavy (non-hydrogen) atoms. The fraction of sp³-hybridized carbons (Fsp3) is 0.294. The maximum Gasteiger partial charge on any atom is 0.460 e. The lowest BCUT2D eigenvalue weighted by molar-refractivity contribution is -0.388. The number of anilines is 1. The minimum absolute atomic E-state index is 0.0136. The van der Waals surface area contributed by atoms with Gasteiger partial charge in [0.15, 0.2) is 0 Å². The zero-order valence-electron chi connectivity index (χ0n) is 15.3. The van der Waals surface area contributed by atoms with Gasteiger partial charge in [-0.25, -0.2) is 4.79 Å². The number of amides is 1. The van der Waals surface area contributed by atoms with E-state index in [1.807, 2.05) is 0 Å². The molecule has 0 bridgehead atoms. The van der Waals surface area contributed by atoms with Gasteiger partial charge in [0.05, 0.1) is 7.11 Å². The molecule has 1 aromatic heterocycles. The van der Waals surface area contributed by atoms with Crippen LogP contribution in [0.2, 0.25) is 0 Å². The molecule has 176 valence electrons. The molecule has 0 saturated heterocycles. The molecule has 1 aromatic carbocycles. The van der Waals surface area contributed by atoms with Gasteiger partial charge < -0.3 is 10.1 Å². The van der Waals surface area contributed by atoms with Gasteiger partial charge in [-0.1, -0.05) is 28.1 Å². The van der Waals surface area contributed by atoms with E-state index in [0.29, 0.717) is 15.8 Å². The number of thiophene rings is 1. The van der Waals surface area contributed by atoms with Crippen LogP contribution in [0.1, 0.15) is 10.4 Å². The van der Waals surface area contributed by atoms with Gasteiger partial charge in [0, 0.05) is 15.4 Å². The molecular formula is C17H9BrF9NO3S. The molecule has 1 N–H and O–H groups in total. The molecule has 1 amide bonds. The van der Waals surface area contributed by atoms with E-state index in [2.05, 4.69) is 20.7 Å². The molecule has 0 aliphatic carbocycles. The van der Waals surface area contributed by atoms with Gasteiger partial charge in [-0.15, -0.1) is 11.3 Å². The van der Waals surface area contributed by atoms with E-state index in [-0.39, 0.29) is 11.1 Å². The van der Waals surface area contributed by atoms with Gasteiger partial charge >= 0.3 is 35.8 Å². The van der Waals surface area contributed by atoms with Gasteiger partial charge in [0.25, 0.3) is 0 Å². The topological polar surface area (TPSA) is 55.4 Å². The summed E-state index contributed by atoms with van der Waals surface area (Å²) < 4.78 is 122. The molecule has 0 saturated carbocycles. The third-order valence-corrected chi connectivity index (χ3v) is 5.42. The van der Waals surface area contributed by atoms with E-state index in [1.54, 1.807) is 0 Å². The van der Waals surface area contributed by atoms with Crippen molar-refractivity contribution < 1.29 is 53.8 Å². The average Bonchev–Trinajstić information content (AvgIpc) is 3.10. The Morgan fingerprint density at radius 1 is 0.938 bits per heavy atom. The normalized spacial score (nSPS) is 13.1. The molecule has 0 aliphatic heterocycles. The van der Waals surface area contributed by atoms with Crippen molar-refractivity contribution in [2.75, 3.05) is 12.4 Å². The first-order valence-corrected chi connectivity index (χ1v) is 9.63. The van der Waals surface area contributed by atoms with E-state index in [1.165, 1.54) is 24.3 Å². The van der Waals surface area contributed by atoms with Gasteiger partial charge in [-0.3, -0.25) is 4.79 Å². The Hall–Kier alpha value is -2.29. The number of methoxy groups -OCH3 is 1. The van der Waals surface area contributed by atoms with E-state index in [0.717, 1.165) is 17.8 Å². The zero-order chi connectivity index (χ0) is 24.7. The van der Waals surface area contributed by atoms with Crippen LogP contribution in [-0.2, 0) is 9.53 Å². The summed E-state index contributed by atoms with van der Waals surface area (Å²) in [6, 6.07) is 5.91. The number of alkyl halides is 9. The minimum Gasteiger partial charge on any atom is -0.465 e. The molecule has 0 spiro atoms. The van der Waals surface area contributed by atoms with Crippen LogP contribution in [0.5, 0.6) is 0 Å². The second-order valence-electron chi connectivity index (χ2n) is 6.03. The van der Waals surface area contributed by atoms with E-state index in [9.17, 15) is 49.1 Å². The van der Waals surface area contributed by atoms with Crippen LogP contribution in [0.15, 0.2) is 34.1 Å². The second kappa shape index (κ2) is 8.57. The van der Waals surface area contributed by atoms with E-state index < -0.39 is 46.4 Å². The van der Waals surface area contributed by atoms with Crippen molar-refractivity contribution in [3.63, 3.8) is 0 Å². The van der Waals surface area contributed by atoms with Gasteiger partial charge in [0.1, 0.15) is 10.6 Å². The smallest absolute Gasteiger partial charge is 0.460 e. The largest absolute Gasteiger partial charge is 0.465 e. The molecule has 0 atom stereocenters. The summed E-state index contributed by atoms with van der Waals surface area (Å²) in [6.07, 6.45) is -7.07. The van der Waals surface area contributed by atoms with Gasteiger partial charge in [-0.05, 0) is 17.7 Å². The lowest BCUT2D eigenvalue weighted by atomic mass is 10.0. The Labute approximate surface area is 185 Å². The second-order valence-corrected chi connectivity index (χ2v) is 7.82. The fourth-order valence-corrected chi connectivity index (χ4v) is 3.51. The number of rotatable bonds is 6. The Kier molecular flexibility index (Phi) is 6.96. The minimum atomic E-state index is -7.23. The monoisotopic (exact) mass is 557 g/mol. The molecule has 2 aromatic rings. The van der Waals surface area contributed by atoms with Crippen LogP contribution in [0.25, 0.3) is 11.1 Å². The zero-order valence-corrected chi connectivity index (χ0v) is 17.7. The number of nitrogens with one attached hydrogen (secondary N) is 1. The maximum atomic E-state index is 13.8. The number of hydrogen-bond acceptors (Lipinski definition) is 4. The van der Waals surface area contributed by atoms with Crippen LogP contribution < -0.4 is 5.32 Å². The Bertz CT molecular complexity index is 1020. The lowest BCUT2D eigenvalue weighted by Gasteiger charge is -2.32. The van der Waals surface area contributed by atoms with Crippen molar-refractivity contribution >= 4 is 44.1 Å². The van der Waals surface area contributed by atoms with Crippen LogP contribution in [-0.4, -0.2) is 42.9 Å². The predicted octanol–water partition coefficient (Wildman–Crippen LogP) is 6.37. The molecule has 1 heterocycles. The van der Waals surface area contributed by atoms with Crippen LogP contribution >= 0.6 is 27.3 Å². The molecule has 4 nitrogen and oxygen atoms in total. The Morgan fingerprint density at radius 2 is 1.47 bits per heavy atom. The van der Waals surface area contributed by atoms with Gasteiger partial charge in [-0.2, -0.15) is 39.5 Å². The summed E-state index contributed by atoms with van der Waals surface area (Å²) in [4.78, 5) is 23.8. The molecule has 2 rings (SSSR count). The van der Waals surface area contributed by atoms with Crippen LogP contribution in [0.3, 0.4) is 0 Å². The first kappa shape index (κ1) is 26.0. The lowest BCUT2D eigenvalue weighted by Crippen LogP contribution is -2.64. The first-order valence-electron chi connectivity index (χ1n) is 7.96. The SMILES string of the molecule is COC(=O)c1c(-c2ccc(Br)cc2)csc1NC(=O)C(F)(F)C(F)(F)C(F)(F)C(F)(F)F. The quantitative estimate of drug-likeness (QED) is 0.331. The van der Waals surface area contributed by atoms with E-state index in [4.69, 9.17) is 0 Å². The van der Waals surface area contributed by atoms with Gasteiger partial charge in [0.2, 0.25) is 0 Å². The third-order valence-electron chi connectivity index (χ3n) is 3.99. The number of carbonyl (C=O) groups excluding carboxylic acids is 2. The molecule has 0 radical (unpaired) electrons. The number of ether oxygens (including phenoxy) is 1. The van der Waals surface area contributed by atoms with Crippen LogP contribution in [0, 0.1) is 0 Å². The molecule has 0 fully saturated rings. The van der Waals surface area contributed by atoms with Crippen molar-refractivity contribution in [3.05, 3.63) is 39.7 Å². The fourth-order valence-electron chi connectivity index (χ4n) is 2.30. The van der Waals surface area contributed by atoms with Crippen molar-refractivity contribution in [3.8, 4) is 11.1 Å². The summed E-state index contributed by atoms with van der Waals surface area (Å²) in [5, 5.41) is 1.44. The number of carbonyl (C=O) groups is 2.